The second-order valence-electron chi connectivity index (χ2n) is 4.88. The van der Waals surface area contributed by atoms with Crippen LogP contribution in [-0.2, 0) is 4.74 Å². The van der Waals surface area contributed by atoms with Gasteiger partial charge in [0.2, 0.25) is 0 Å². The molecular weight excluding hydrogens is 176 g/mol. The molecule has 1 aliphatic carbocycles. The van der Waals surface area contributed by atoms with Gasteiger partial charge in [-0.1, -0.05) is 13.8 Å². The summed E-state index contributed by atoms with van der Waals surface area (Å²) in [5.41, 5.74) is 0. The summed E-state index contributed by atoms with van der Waals surface area (Å²) in [5.74, 6) is 1.28. The Labute approximate surface area is 87.7 Å². The van der Waals surface area contributed by atoms with Gasteiger partial charge in [-0.05, 0) is 43.9 Å². The van der Waals surface area contributed by atoms with Gasteiger partial charge in [-0.2, -0.15) is 0 Å². The van der Waals surface area contributed by atoms with E-state index in [-0.39, 0.29) is 0 Å². The average Bonchev–Trinajstić information content (AvgIpc) is 2.18. The lowest BCUT2D eigenvalue weighted by molar-refractivity contribution is 0.00694. The molecule has 0 atom stereocenters. The zero-order chi connectivity index (χ0) is 10.4. The van der Waals surface area contributed by atoms with Gasteiger partial charge in [0.05, 0.1) is 6.10 Å². The Morgan fingerprint density at radius 3 is 2.36 bits per heavy atom. The Hall–Kier alpha value is -0.0800. The van der Waals surface area contributed by atoms with E-state index in [9.17, 15) is 0 Å². The summed E-state index contributed by atoms with van der Waals surface area (Å²) >= 11 is 0. The summed E-state index contributed by atoms with van der Waals surface area (Å²) in [5, 5.41) is 8.99. The smallest absolute Gasteiger partial charge is 0.0575 e. The molecule has 0 amide bonds. The van der Waals surface area contributed by atoms with Gasteiger partial charge < -0.3 is 9.84 Å². The monoisotopic (exact) mass is 200 g/mol. The van der Waals surface area contributed by atoms with Gasteiger partial charge in [-0.3, -0.25) is 0 Å². The summed E-state index contributed by atoms with van der Waals surface area (Å²) < 4.78 is 5.80. The lowest BCUT2D eigenvalue weighted by Gasteiger charge is -2.27. The molecule has 0 aromatic carbocycles. The van der Waals surface area contributed by atoms with Crippen LogP contribution in [-0.4, -0.2) is 24.4 Å². The fraction of sp³-hybridized carbons (Fsp3) is 1.00. The Balaban J connectivity index is 2.04. The van der Waals surface area contributed by atoms with Crippen LogP contribution >= 0.6 is 0 Å². The van der Waals surface area contributed by atoms with Gasteiger partial charge >= 0.3 is 0 Å². The molecule has 0 radical (unpaired) electrons. The molecule has 84 valence electrons. The molecular formula is C12H24O2. The maximum absolute atomic E-state index is 8.99. The fourth-order valence-electron chi connectivity index (χ4n) is 1.95. The van der Waals surface area contributed by atoms with E-state index < -0.39 is 0 Å². The van der Waals surface area contributed by atoms with Gasteiger partial charge in [0.25, 0.3) is 0 Å². The largest absolute Gasteiger partial charge is 0.396 e. The third-order valence-electron chi connectivity index (χ3n) is 3.10. The van der Waals surface area contributed by atoms with Crippen molar-refractivity contribution in [2.45, 2.75) is 52.1 Å². The normalized spacial score (nSPS) is 28.3. The molecule has 0 unspecified atom stereocenters. The maximum atomic E-state index is 8.99. The summed E-state index contributed by atoms with van der Waals surface area (Å²) in [6, 6.07) is 0. The Kier molecular flexibility index (Phi) is 5.49. The lowest BCUT2D eigenvalue weighted by atomic mass is 9.88. The Bertz CT molecular complexity index is 137. The van der Waals surface area contributed by atoms with Gasteiger partial charge in [0.15, 0.2) is 0 Å². The lowest BCUT2D eigenvalue weighted by Crippen LogP contribution is -2.23. The minimum atomic E-state index is 0.360. The van der Waals surface area contributed by atoms with Crippen LogP contribution in [0.4, 0.5) is 0 Å². The molecule has 0 aromatic rings. The third kappa shape index (κ3) is 4.43. The zero-order valence-corrected chi connectivity index (χ0v) is 9.54. The molecule has 1 fully saturated rings. The predicted octanol–water partition coefficient (Wildman–Crippen LogP) is 2.60. The van der Waals surface area contributed by atoms with Crippen molar-refractivity contribution in [1.29, 1.82) is 0 Å². The van der Waals surface area contributed by atoms with Crippen LogP contribution in [0, 0.1) is 11.8 Å². The SMILES string of the molecule is CC(C)CCOC1CCC(CO)CC1. The number of rotatable bonds is 5. The van der Waals surface area contributed by atoms with E-state index in [1.54, 1.807) is 0 Å². The van der Waals surface area contributed by atoms with Gasteiger partial charge in [0, 0.05) is 13.2 Å². The molecule has 1 aliphatic rings. The van der Waals surface area contributed by atoms with Crippen LogP contribution in [0.15, 0.2) is 0 Å². The molecule has 0 aliphatic heterocycles. The van der Waals surface area contributed by atoms with Crippen molar-refractivity contribution >= 4 is 0 Å². The molecule has 1 saturated carbocycles. The summed E-state index contributed by atoms with van der Waals surface area (Å²) in [7, 11) is 0. The molecule has 1 rings (SSSR count). The minimum Gasteiger partial charge on any atom is -0.396 e. The molecule has 1 N–H and O–H groups in total. The Morgan fingerprint density at radius 1 is 1.21 bits per heavy atom. The first-order chi connectivity index (χ1) is 6.72. The van der Waals surface area contributed by atoms with E-state index >= 15 is 0 Å². The number of ether oxygens (including phenoxy) is 1. The second-order valence-corrected chi connectivity index (χ2v) is 4.88. The van der Waals surface area contributed by atoms with E-state index in [2.05, 4.69) is 13.8 Å². The van der Waals surface area contributed by atoms with Crippen molar-refractivity contribution in [2.24, 2.45) is 11.8 Å². The highest BCUT2D eigenvalue weighted by Gasteiger charge is 2.20. The van der Waals surface area contributed by atoms with Crippen molar-refractivity contribution in [3.8, 4) is 0 Å². The number of hydrogen-bond donors (Lipinski definition) is 1. The molecule has 0 saturated heterocycles. The molecule has 14 heavy (non-hydrogen) atoms. The van der Waals surface area contributed by atoms with Gasteiger partial charge in [-0.15, -0.1) is 0 Å². The van der Waals surface area contributed by atoms with Crippen molar-refractivity contribution in [3.63, 3.8) is 0 Å². The average molecular weight is 200 g/mol. The number of aliphatic hydroxyl groups is 1. The first kappa shape index (κ1) is 12.0. The second kappa shape index (κ2) is 6.41. The van der Waals surface area contributed by atoms with Crippen LogP contribution in [0.25, 0.3) is 0 Å². The molecule has 0 heterocycles. The molecule has 2 nitrogen and oxygen atoms in total. The van der Waals surface area contributed by atoms with Gasteiger partial charge in [-0.25, -0.2) is 0 Å². The minimum absolute atomic E-state index is 0.360. The van der Waals surface area contributed by atoms with E-state index in [0.29, 0.717) is 18.6 Å². The topological polar surface area (TPSA) is 29.5 Å². The van der Waals surface area contributed by atoms with E-state index in [1.165, 1.54) is 6.42 Å². The van der Waals surface area contributed by atoms with Crippen LogP contribution in [0.3, 0.4) is 0 Å². The predicted molar refractivity (Wildman–Crippen MR) is 58.2 cm³/mol. The standard InChI is InChI=1S/C12H24O2/c1-10(2)7-8-14-12-5-3-11(9-13)4-6-12/h10-13H,3-9H2,1-2H3. The fourth-order valence-corrected chi connectivity index (χ4v) is 1.95. The van der Waals surface area contributed by atoms with E-state index in [1.807, 2.05) is 0 Å². The van der Waals surface area contributed by atoms with Crippen LogP contribution in [0.1, 0.15) is 46.0 Å². The molecule has 0 bridgehead atoms. The first-order valence-electron chi connectivity index (χ1n) is 5.94. The molecule has 2 heteroatoms. The van der Waals surface area contributed by atoms with Crippen LogP contribution in [0.2, 0.25) is 0 Å². The number of aliphatic hydroxyl groups excluding tert-OH is 1. The van der Waals surface area contributed by atoms with Crippen LogP contribution in [0.5, 0.6) is 0 Å². The van der Waals surface area contributed by atoms with Crippen molar-refractivity contribution < 1.29 is 9.84 Å². The van der Waals surface area contributed by atoms with Crippen molar-refractivity contribution in [1.82, 2.24) is 0 Å². The van der Waals surface area contributed by atoms with Crippen molar-refractivity contribution in [3.05, 3.63) is 0 Å². The van der Waals surface area contributed by atoms with E-state index in [0.717, 1.165) is 38.2 Å². The van der Waals surface area contributed by atoms with E-state index in [4.69, 9.17) is 9.84 Å². The van der Waals surface area contributed by atoms with Crippen molar-refractivity contribution in [2.75, 3.05) is 13.2 Å². The summed E-state index contributed by atoms with van der Waals surface area (Å²) in [4.78, 5) is 0. The highest BCUT2D eigenvalue weighted by molar-refractivity contribution is 4.72. The quantitative estimate of drug-likeness (QED) is 0.739. The first-order valence-corrected chi connectivity index (χ1v) is 5.94. The molecule has 0 spiro atoms. The number of hydrogen-bond acceptors (Lipinski definition) is 2. The third-order valence-corrected chi connectivity index (χ3v) is 3.10. The van der Waals surface area contributed by atoms with Gasteiger partial charge in [0.1, 0.15) is 0 Å². The summed E-state index contributed by atoms with van der Waals surface area (Å²) in [6.07, 6.45) is 6.20. The molecule has 0 aromatic heterocycles. The maximum Gasteiger partial charge on any atom is 0.0575 e. The zero-order valence-electron chi connectivity index (χ0n) is 9.54. The highest BCUT2D eigenvalue weighted by Crippen LogP contribution is 2.25. The van der Waals surface area contributed by atoms with Crippen LogP contribution < -0.4 is 0 Å². The Morgan fingerprint density at radius 2 is 1.86 bits per heavy atom. The highest BCUT2D eigenvalue weighted by atomic mass is 16.5. The summed E-state index contributed by atoms with van der Waals surface area (Å²) in [6.45, 7) is 5.73.